The van der Waals surface area contributed by atoms with Gasteiger partial charge >= 0.3 is 5.97 Å². The Balaban J connectivity index is 1.82. The second kappa shape index (κ2) is 9.19. The number of para-hydroxylation sites is 2. The van der Waals surface area contributed by atoms with E-state index in [9.17, 15) is 9.90 Å². The van der Waals surface area contributed by atoms with Crippen molar-refractivity contribution >= 4 is 16.9 Å². The van der Waals surface area contributed by atoms with Crippen molar-refractivity contribution < 1.29 is 24.1 Å². The second-order valence-electron chi connectivity index (χ2n) is 6.22. The van der Waals surface area contributed by atoms with Crippen LogP contribution in [0.15, 0.2) is 54.7 Å². The molecule has 1 atom stereocenters. The maximum atomic E-state index is 11.4. The lowest BCUT2D eigenvalue weighted by molar-refractivity contribution is -0.149. The highest BCUT2D eigenvalue weighted by Crippen LogP contribution is 2.29. The summed E-state index contributed by atoms with van der Waals surface area (Å²) < 4.78 is 16.9. The number of rotatable bonds is 9. The van der Waals surface area contributed by atoms with Crippen molar-refractivity contribution in [3.63, 3.8) is 0 Å². The van der Waals surface area contributed by atoms with Crippen molar-refractivity contribution in [1.82, 2.24) is 4.98 Å². The lowest BCUT2D eigenvalue weighted by atomic mass is 10.1. The number of aromatic nitrogens is 1. The zero-order valence-corrected chi connectivity index (χ0v) is 15.9. The largest absolute Gasteiger partial charge is 0.496 e. The average molecular weight is 381 g/mol. The molecule has 0 aliphatic carbocycles. The molecular formula is C22H23NO5. The molecule has 0 aliphatic heterocycles. The number of ether oxygens (including phenoxy) is 3. The number of carboxylic acid groups (broad SMARTS) is 1. The van der Waals surface area contributed by atoms with Gasteiger partial charge in [-0.25, -0.2) is 4.79 Å². The topological polar surface area (TPSA) is 77.9 Å². The molecule has 3 rings (SSSR count). The van der Waals surface area contributed by atoms with Crippen LogP contribution in [0.2, 0.25) is 0 Å². The maximum absolute atomic E-state index is 11.4. The molecule has 1 unspecified atom stereocenters. The fourth-order valence-corrected chi connectivity index (χ4v) is 3.09. The van der Waals surface area contributed by atoms with Gasteiger partial charge in [0.25, 0.3) is 0 Å². The summed E-state index contributed by atoms with van der Waals surface area (Å²) in [4.78, 5) is 15.9. The summed E-state index contributed by atoms with van der Waals surface area (Å²) in [5.74, 6) is 0.349. The highest BCUT2D eigenvalue weighted by Gasteiger charge is 2.20. The van der Waals surface area contributed by atoms with Crippen molar-refractivity contribution in [2.45, 2.75) is 26.1 Å². The molecule has 28 heavy (non-hydrogen) atoms. The number of benzene rings is 2. The smallest absolute Gasteiger partial charge is 0.333 e. The van der Waals surface area contributed by atoms with Crippen molar-refractivity contribution in [2.75, 3.05) is 13.7 Å². The van der Waals surface area contributed by atoms with Gasteiger partial charge in [0.2, 0.25) is 0 Å². The van der Waals surface area contributed by atoms with Crippen molar-refractivity contribution in [3.05, 3.63) is 65.9 Å². The Morgan fingerprint density at radius 3 is 2.61 bits per heavy atom. The number of pyridine rings is 1. The van der Waals surface area contributed by atoms with Crippen molar-refractivity contribution in [3.8, 4) is 11.5 Å². The molecule has 0 saturated carbocycles. The third kappa shape index (κ3) is 4.40. The van der Waals surface area contributed by atoms with Crippen LogP contribution < -0.4 is 9.47 Å². The van der Waals surface area contributed by atoms with E-state index in [-0.39, 0.29) is 13.0 Å². The third-order valence-corrected chi connectivity index (χ3v) is 4.41. The number of hydrogen-bond donors (Lipinski definition) is 1. The molecule has 1 aromatic heterocycles. The molecule has 0 aliphatic rings. The summed E-state index contributed by atoms with van der Waals surface area (Å²) in [6.45, 7) is 2.36. The summed E-state index contributed by atoms with van der Waals surface area (Å²) in [7, 11) is 1.62. The Morgan fingerprint density at radius 1 is 1.11 bits per heavy atom. The van der Waals surface area contributed by atoms with E-state index in [1.54, 1.807) is 20.2 Å². The number of carbonyl (C=O) groups is 1. The van der Waals surface area contributed by atoms with Crippen LogP contribution in [0, 0.1) is 0 Å². The zero-order valence-electron chi connectivity index (χ0n) is 15.9. The molecular weight excluding hydrogens is 358 g/mol. The molecule has 0 bridgehead atoms. The minimum atomic E-state index is -0.989. The van der Waals surface area contributed by atoms with E-state index in [1.165, 1.54) is 0 Å². The molecule has 0 saturated heterocycles. The van der Waals surface area contributed by atoms with E-state index in [1.807, 2.05) is 48.5 Å². The maximum Gasteiger partial charge on any atom is 0.333 e. The fourth-order valence-electron chi connectivity index (χ4n) is 3.09. The van der Waals surface area contributed by atoms with Crippen LogP contribution >= 0.6 is 0 Å². The predicted molar refractivity (Wildman–Crippen MR) is 106 cm³/mol. The second-order valence-corrected chi connectivity index (χ2v) is 6.22. The van der Waals surface area contributed by atoms with Gasteiger partial charge in [-0.15, -0.1) is 0 Å². The van der Waals surface area contributed by atoms with Gasteiger partial charge in [-0.1, -0.05) is 30.3 Å². The minimum Gasteiger partial charge on any atom is -0.496 e. The molecule has 3 aromatic rings. The highest BCUT2D eigenvalue weighted by atomic mass is 16.5. The molecule has 0 fully saturated rings. The first-order chi connectivity index (χ1) is 13.6. The Labute approximate surface area is 163 Å². The summed E-state index contributed by atoms with van der Waals surface area (Å²) in [5, 5.41) is 10.3. The van der Waals surface area contributed by atoms with Gasteiger partial charge in [0.1, 0.15) is 18.1 Å². The molecule has 1 heterocycles. The first-order valence-corrected chi connectivity index (χ1v) is 9.09. The Kier molecular flexibility index (Phi) is 6.45. The van der Waals surface area contributed by atoms with E-state index < -0.39 is 12.1 Å². The standard InChI is InChI=1S/C22H23NO5/c1-3-27-20(22(24)25)12-15-8-4-7-11-19(15)28-14-16-13-23-18-10-6-5-9-17(18)21(16)26-2/h4-11,13,20H,3,12,14H2,1-2H3,(H,24,25). The molecule has 6 heteroatoms. The summed E-state index contributed by atoms with van der Waals surface area (Å²) in [6, 6.07) is 15.1. The molecule has 146 valence electrons. The number of carboxylic acids is 1. The number of aliphatic carboxylic acids is 1. The Bertz CT molecular complexity index is 957. The summed E-state index contributed by atoms with van der Waals surface area (Å²) in [5.41, 5.74) is 2.44. The van der Waals surface area contributed by atoms with E-state index in [4.69, 9.17) is 14.2 Å². The third-order valence-electron chi connectivity index (χ3n) is 4.41. The molecule has 6 nitrogen and oxygen atoms in total. The molecule has 1 N–H and O–H groups in total. The molecule has 2 aromatic carbocycles. The highest BCUT2D eigenvalue weighted by molar-refractivity contribution is 5.86. The molecule has 0 spiro atoms. The van der Waals surface area contributed by atoms with E-state index in [2.05, 4.69) is 4.98 Å². The van der Waals surface area contributed by atoms with Gasteiger partial charge in [-0.05, 0) is 30.7 Å². The Hall–Kier alpha value is -3.12. The van der Waals surface area contributed by atoms with Crippen LogP contribution in [0.1, 0.15) is 18.1 Å². The quantitative estimate of drug-likeness (QED) is 0.607. The van der Waals surface area contributed by atoms with Crippen LogP contribution in [0.4, 0.5) is 0 Å². The van der Waals surface area contributed by atoms with Crippen LogP contribution in [0.3, 0.4) is 0 Å². The number of methoxy groups -OCH3 is 1. The monoisotopic (exact) mass is 381 g/mol. The van der Waals surface area contributed by atoms with Crippen LogP contribution in [0.25, 0.3) is 10.9 Å². The van der Waals surface area contributed by atoms with Gasteiger partial charge in [0, 0.05) is 24.6 Å². The molecule has 0 amide bonds. The molecule has 0 radical (unpaired) electrons. The van der Waals surface area contributed by atoms with Gasteiger partial charge < -0.3 is 19.3 Å². The van der Waals surface area contributed by atoms with Crippen LogP contribution in [-0.2, 0) is 22.6 Å². The first-order valence-electron chi connectivity index (χ1n) is 9.09. The number of hydrogen-bond acceptors (Lipinski definition) is 5. The minimum absolute atomic E-state index is 0.229. The number of fused-ring (bicyclic) bond motifs is 1. The van der Waals surface area contributed by atoms with Gasteiger partial charge in [-0.3, -0.25) is 4.98 Å². The van der Waals surface area contributed by atoms with E-state index >= 15 is 0 Å². The normalized spacial score (nSPS) is 11.9. The number of nitrogens with zero attached hydrogens (tertiary/aromatic N) is 1. The first kappa shape index (κ1) is 19.6. The fraction of sp³-hybridized carbons (Fsp3) is 0.273. The van der Waals surface area contributed by atoms with Gasteiger partial charge in [-0.2, -0.15) is 0 Å². The van der Waals surface area contributed by atoms with Crippen LogP contribution in [0.5, 0.6) is 11.5 Å². The van der Waals surface area contributed by atoms with Crippen molar-refractivity contribution in [1.29, 1.82) is 0 Å². The SMILES string of the molecule is CCOC(Cc1ccccc1OCc1cnc2ccccc2c1OC)C(=O)O. The van der Waals surface area contributed by atoms with E-state index in [0.717, 1.165) is 27.8 Å². The van der Waals surface area contributed by atoms with Gasteiger partial charge in [0.05, 0.1) is 18.2 Å². The average Bonchev–Trinajstić information content (AvgIpc) is 2.72. The summed E-state index contributed by atoms with van der Waals surface area (Å²) >= 11 is 0. The van der Waals surface area contributed by atoms with E-state index in [0.29, 0.717) is 12.4 Å². The van der Waals surface area contributed by atoms with Crippen LogP contribution in [-0.4, -0.2) is 35.9 Å². The Morgan fingerprint density at radius 2 is 1.86 bits per heavy atom. The zero-order chi connectivity index (χ0) is 19.9. The van der Waals surface area contributed by atoms with Gasteiger partial charge in [0.15, 0.2) is 6.10 Å². The lowest BCUT2D eigenvalue weighted by Crippen LogP contribution is -2.26. The summed E-state index contributed by atoms with van der Waals surface area (Å²) in [6.07, 6.45) is 1.06. The lowest BCUT2D eigenvalue weighted by Gasteiger charge is -2.17. The predicted octanol–water partition coefficient (Wildman–Crippen LogP) is 3.85. The van der Waals surface area contributed by atoms with Crippen molar-refractivity contribution in [2.24, 2.45) is 0 Å².